The first-order valence-corrected chi connectivity index (χ1v) is 22.5. The molecule has 310 valence electrons. The number of nitrogens with zero attached hydrogens (tertiary/aromatic N) is 2. The maximum absolute atomic E-state index is 13.0. The fourth-order valence-corrected chi connectivity index (χ4v) is 16.9. The van der Waals surface area contributed by atoms with Gasteiger partial charge in [0, 0.05) is 35.1 Å². The summed E-state index contributed by atoms with van der Waals surface area (Å²) in [5, 5.41) is 30.1. The molecule has 8 aliphatic rings. The summed E-state index contributed by atoms with van der Waals surface area (Å²) in [7, 11) is 0. The molecule has 0 heterocycles. The van der Waals surface area contributed by atoms with Gasteiger partial charge < -0.3 is 10.2 Å². The van der Waals surface area contributed by atoms with Crippen molar-refractivity contribution in [2.75, 3.05) is 0 Å². The van der Waals surface area contributed by atoms with Gasteiger partial charge in [0.15, 0.2) is 0 Å². The molecule has 8 rings (SSSR count). The van der Waals surface area contributed by atoms with Crippen molar-refractivity contribution in [3.8, 4) is 0 Å². The molecule has 4 unspecified atom stereocenters. The molecule has 56 heavy (non-hydrogen) atoms. The Morgan fingerprint density at radius 2 is 0.929 bits per heavy atom. The predicted molar refractivity (Wildman–Crippen MR) is 215 cm³/mol. The lowest BCUT2D eigenvalue weighted by atomic mass is 9.40. The summed E-state index contributed by atoms with van der Waals surface area (Å²) < 4.78 is 0. The number of hydrogen-bond donors (Lipinski definition) is 4. The van der Waals surface area contributed by atoms with Crippen LogP contribution in [0.1, 0.15) is 183 Å². The van der Waals surface area contributed by atoms with E-state index in [9.17, 15) is 29.4 Å². The van der Waals surface area contributed by atoms with Crippen LogP contribution in [0.2, 0.25) is 0 Å². The Morgan fingerprint density at radius 1 is 0.554 bits per heavy atom. The smallest absolute Gasteiger partial charge is 0.309 e. The molecule has 2 spiro atoms. The van der Waals surface area contributed by atoms with E-state index in [1.165, 1.54) is 0 Å². The van der Waals surface area contributed by atoms with Crippen molar-refractivity contribution in [1.82, 2.24) is 10.9 Å². The fourth-order valence-electron chi connectivity index (χ4n) is 16.9. The van der Waals surface area contributed by atoms with Crippen molar-refractivity contribution in [2.45, 2.75) is 183 Å². The molecule has 4 N–H and O–H groups in total. The van der Waals surface area contributed by atoms with Crippen molar-refractivity contribution in [3.05, 3.63) is 0 Å². The quantitative estimate of drug-likeness (QED) is 0.135. The Balaban J connectivity index is 0.822. The summed E-state index contributed by atoms with van der Waals surface area (Å²) in [6, 6.07) is 0. The van der Waals surface area contributed by atoms with Gasteiger partial charge in [0.05, 0.1) is 10.8 Å². The van der Waals surface area contributed by atoms with Crippen LogP contribution in [-0.4, -0.2) is 45.4 Å². The lowest BCUT2D eigenvalue weighted by Gasteiger charge is -2.63. The molecule has 0 aromatic rings. The third-order valence-corrected chi connectivity index (χ3v) is 19.4. The zero-order chi connectivity index (χ0) is 40.2. The van der Waals surface area contributed by atoms with E-state index in [1.807, 2.05) is 13.8 Å². The Hall–Kier alpha value is -2.78. The lowest BCUT2D eigenvalue weighted by molar-refractivity contribution is -0.183. The normalized spacial score (nSPS) is 49.0. The fraction of sp³-hybridized carbons (Fsp3) is 0.870. The molecule has 8 aliphatic carbocycles. The van der Waals surface area contributed by atoms with E-state index in [1.54, 1.807) is 0 Å². The molecule has 0 aliphatic heterocycles. The number of nitrogens with one attached hydrogen (secondary N) is 2. The van der Waals surface area contributed by atoms with E-state index in [0.29, 0.717) is 37.5 Å². The highest BCUT2D eigenvalue weighted by molar-refractivity contribution is 5.95. The van der Waals surface area contributed by atoms with Crippen LogP contribution in [0.3, 0.4) is 0 Å². The molecule has 0 saturated heterocycles. The molecule has 8 saturated carbocycles. The summed E-state index contributed by atoms with van der Waals surface area (Å²) in [5.41, 5.74) is 7.01. The van der Waals surface area contributed by atoms with Crippen molar-refractivity contribution >= 4 is 35.2 Å². The summed E-state index contributed by atoms with van der Waals surface area (Å²) in [6.45, 7) is 13.4. The molecule has 12 atom stereocenters. The highest BCUT2D eigenvalue weighted by Gasteiger charge is 2.69. The van der Waals surface area contributed by atoms with Crippen LogP contribution >= 0.6 is 0 Å². The Morgan fingerprint density at radius 3 is 1.30 bits per heavy atom. The molecule has 0 aromatic carbocycles. The summed E-state index contributed by atoms with van der Waals surface area (Å²) in [6.07, 6.45) is 19.8. The Bertz CT molecular complexity index is 1620. The lowest BCUT2D eigenvalue weighted by Crippen LogP contribution is -2.58. The van der Waals surface area contributed by atoms with Crippen molar-refractivity contribution < 1.29 is 29.4 Å². The molecular weight excluding hydrogens is 705 g/mol. The molecule has 0 radical (unpaired) electrons. The first-order valence-electron chi connectivity index (χ1n) is 22.5. The number of carboxylic acids is 2. The second kappa shape index (κ2) is 13.4. The minimum absolute atomic E-state index is 0.0260. The summed E-state index contributed by atoms with van der Waals surface area (Å²) in [5.74, 6) is -0.0770. The number of unbranched alkanes of at least 4 members (excludes halogenated alkanes) is 1. The molecular formula is C46H70N4O6. The summed E-state index contributed by atoms with van der Waals surface area (Å²) >= 11 is 0. The van der Waals surface area contributed by atoms with Gasteiger partial charge in [0.25, 0.3) is 0 Å². The maximum atomic E-state index is 13.0. The SMILES string of the molecule is C[C@]12CCC3[C@](CCC4[C@]3(C)CCC[C@]4(C)C(=O)O)(CC1=NNC(=O)CCCCC(=O)N/N=C1\C[C@]34CCC5[C@@](C)(CCC[C@@]5(C)C(=O)O)C3CC[C@@]1(C)C4)C2. The van der Waals surface area contributed by atoms with Crippen LogP contribution in [0.25, 0.3) is 0 Å². The number of fused-ring (bicyclic) bond motifs is 6. The Labute approximate surface area is 334 Å². The molecule has 10 heteroatoms. The standard InChI is InChI=1S/C46H70N4O6/c1-39-21-13-31-41(3)17-9-19-43(5,37(53)54)29(41)15-23-45(31,27-39)25-33(39)47-49-35(51)11-7-8-12-36(52)50-48-34-26-46-24-16-30-42(4,18-10-20-44(30,6)38(55)56)32(46)14-22-40(34,2)28-46/h29-32H,7-28H2,1-6H3,(H,49,51)(H,50,52)(H,53,54)(H,55,56)/b47-33+,48-34?/t29?,30?,31?,32?,39-,40+,41+,42-,43+,44-,45-,46+/m0/s1. The number of aliphatic carboxylic acids is 2. The van der Waals surface area contributed by atoms with Gasteiger partial charge in [0.1, 0.15) is 0 Å². The minimum atomic E-state index is -0.645. The van der Waals surface area contributed by atoms with Crippen molar-refractivity contribution in [1.29, 1.82) is 0 Å². The Kier molecular flexibility index (Phi) is 9.56. The zero-order valence-electron chi connectivity index (χ0n) is 35.3. The second-order valence-corrected chi connectivity index (χ2v) is 22.5. The van der Waals surface area contributed by atoms with Gasteiger partial charge in [-0.3, -0.25) is 19.2 Å². The number of amides is 2. The van der Waals surface area contributed by atoms with Gasteiger partial charge >= 0.3 is 11.9 Å². The first-order chi connectivity index (χ1) is 26.3. The number of rotatable bonds is 9. The van der Waals surface area contributed by atoms with Crippen LogP contribution in [0.15, 0.2) is 10.2 Å². The van der Waals surface area contributed by atoms with Crippen LogP contribution in [0.5, 0.6) is 0 Å². The van der Waals surface area contributed by atoms with Crippen molar-refractivity contribution in [3.63, 3.8) is 0 Å². The molecule has 8 fully saturated rings. The van der Waals surface area contributed by atoms with Gasteiger partial charge in [-0.15, -0.1) is 0 Å². The van der Waals surface area contributed by atoms with Gasteiger partial charge in [-0.2, -0.15) is 10.2 Å². The third kappa shape index (κ3) is 5.88. The number of hydrazone groups is 2. The van der Waals surface area contributed by atoms with E-state index >= 15 is 0 Å². The molecule has 10 nitrogen and oxygen atoms in total. The minimum Gasteiger partial charge on any atom is -0.481 e. The van der Waals surface area contributed by atoms with E-state index < -0.39 is 22.8 Å². The molecule has 2 amide bonds. The predicted octanol–water partition coefficient (Wildman–Crippen LogP) is 9.27. The van der Waals surface area contributed by atoms with E-state index in [-0.39, 0.29) is 56.1 Å². The van der Waals surface area contributed by atoms with Gasteiger partial charge in [-0.25, -0.2) is 10.9 Å². The van der Waals surface area contributed by atoms with E-state index in [2.05, 4.69) is 38.5 Å². The second-order valence-electron chi connectivity index (χ2n) is 22.5. The van der Waals surface area contributed by atoms with Gasteiger partial charge in [-0.1, -0.05) is 40.5 Å². The zero-order valence-corrected chi connectivity index (χ0v) is 35.3. The van der Waals surface area contributed by atoms with E-state index in [4.69, 9.17) is 10.2 Å². The topological polar surface area (TPSA) is 158 Å². The molecule has 4 bridgehead atoms. The average Bonchev–Trinajstić information content (AvgIpc) is 3.46. The first kappa shape index (κ1) is 40.0. The van der Waals surface area contributed by atoms with Crippen LogP contribution in [-0.2, 0) is 19.2 Å². The van der Waals surface area contributed by atoms with Crippen LogP contribution in [0.4, 0.5) is 0 Å². The monoisotopic (exact) mass is 775 g/mol. The number of carbonyl (C=O) groups excluding carboxylic acids is 2. The van der Waals surface area contributed by atoms with Crippen LogP contribution in [0, 0.1) is 67.0 Å². The summed E-state index contributed by atoms with van der Waals surface area (Å²) in [4.78, 5) is 51.0. The highest BCUT2D eigenvalue weighted by Crippen LogP contribution is 2.75. The number of carboxylic acid groups (broad SMARTS) is 2. The third-order valence-electron chi connectivity index (χ3n) is 19.4. The number of hydrogen-bond acceptors (Lipinski definition) is 6. The van der Waals surface area contributed by atoms with E-state index in [0.717, 1.165) is 127 Å². The number of carbonyl (C=O) groups is 4. The highest BCUT2D eigenvalue weighted by atomic mass is 16.4. The largest absolute Gasteiger partial charge is 0.481 e. The van der Waals surface area contributed by atoms with Gasteiger partial charge in [-0.05, 0) is 175 Å². The van der Waals surface area contributed by atoms with Crippen molar-refractivity contribution in [2.24, 2.45) is 77.2 Å². The van der Waals surface area contributed by atoms with Gasteiger partial charge in [0.2, 0.25) is 11.8 Å². The van der Waals surface area contributed by atoms with Crippen LogP contribution < -0.4 is 10.9 Å². The molecule has 0 aromatic heterocycles. The maximum Gasteiger partial charge on any atom is 0.309 e. The average molecular weight is 775 g/mol.